The highest BCUT2D eigenvalue weighted by molar-refractivity contribution is 6.37. The zero-order valence-electron chi connectivity index (χ0n) is 7.01. The molecule has 0 bridgehead atoms. The Hall–Kier alpha value is -0.860. The van der Waals surface area contributed by atoms with Gasteiger partial charge in [0.15, 0.2) is 0 Å². The second-order valence-corrected chi connectivity index (χ2v) is 3.23. The van der Waals surface area contributed by atoms with Crippen LogP contribution < -0.4 is 5.32 Å². The molecule has 0 amide bonds. The van der Waals surface area contributed by atoms with Gasteiger partial charge in [0.2, 0.25) is 0 Å². The van der Waals surface area contributed by atoms with E-state index in [9.17, 15) is 5.11 Å². The summed E-state index contributed by atoms with van der Waals surface area (Å²) in [4.78, 5) is 0. The molecule has 0 aromatic heterocycles. The minimum atomic E-state index is 0.0260. The van der Waals surface area contributed by atoms with Crippen molar-refractivity contribution in [2.45, 2.75) is 0 Å². The Labute approximate surface area is 86.8 Å². The molecule has 0 aliphatic rings. The number of halogens is 2. The number of hydrogen-bond acceptors (Lipinski definition) is 2. The summed E-state index contributed by atoms with van der Waals surface area (Å²) >= 11 is 11.7. The van der Waals surface area contributed by atoms with Crippen molar-refractivity contribution >= 4 is 29.0 Å². The van der Waals surface area contributed by atoms with E-state index in [2.05, 4.69) is 5.32 Å². The van der Waals surface area contributed by atoms with Gasteiger partial charge >= 0.3 is 0 Å². The maximum Gasteiger partial charge on any atom is 0.141 e. The van der Waals surface area contributed by atoms with E-state index >= 15 is 0 Å². The second-order valence-electron chi connectivity index (χ2n) is 2.41. The molecule has 13 heavy (non-hydrogen) atoms. The highest BCUT2D eigenvalue weighted by Crippen LogP contribution is 2.28. The lowest BCUT2D eigenvalue weighted by Crippen LogP contribution is -1.96. The topological polar surface area (TPSA) is 32.3 Å². The molecule has 2 nitrogen and oxygen atoms in total. The quantitative estimate of drug-likeness (QED) is 0.747. The number of benzene rings is 1. The maximum atomic E-state index is 9.51. The largest absolute Gasteiger partial charge is 0.506 e. The average molecular weight is 218 g/mol. The van der Waals surface area contributed by atoms with Crippen LogP contribution in [-0.4, -0.2) is 12.2 Å². The van der Waals surface area contributed by atoms with Gasteiger partial charge in [-0.15, -0.1) is 0 Å². The van der Waals surface area contributed by atoms with Crippen LogP contribution >= 0.6 is 23.2 Å². The summed E-state index contributed by atoms with van der Waals surface area (Å²) in [6.07, 6.45) is 1.42. The summed E-state index contributed by atoms with van der Waals surface area (Å²) in [6.45, 7) is 0. The highest BCUT2D eigenvalue weighted by atomic mass is 35.5. The fourth-order valence-corrected chi connectivity index (χ4v) is 1.54. The molecule has 0 fully saturated rings. The Kier molecular flexibility index (Phi) is 3.46. The zero-order chi connectivity index (χ0) is 9.84. The van der Waals surface area contributed by atoms with Crippen molar-refractivity contribution in [3.8, 4) is 0 Å². The van der Waals surface area contributed by atoms with E-state index in [-0.39, 0.29) is 5.76 Å². The SMILES string of the molecule is CN/C=C(\O)c1c(Cl)cccc1Cl. The normalized spacial score (nSPS) is 11.5. The summed E-state index contributed by atoms with van der Waals surface area (Å²) in [5.41, 5.74) is 0.445. The summed E-state index contributed by atoms with van der Waals surface area (Å²) in [6, 6.07) is 5.06. The lowest BCUT2D eigenvalue weighted by molar-refractivity contribution is 0.508. The highest BCUT2D eigenvalue weighted by Gasteiger charge is 2.08. The number of aliphatic hydroxyl groups excluding tert-OH is 1. The van der Waals surface area contributed by atoms with Crippen molar-refractivity contribution in [3.63, 3.8) is 0 Å². The first-order valence-electron chi connectivity index (χ1n) is 3.67. The molecule has 0 radical (unpaired) electrons. The molecule has 4 heteroatoms. The van der Waals surface area contributed by atoms with Gasteiger partial charge in [0.25, 0.3) is 0 Å². The van der Waals surface area contributed by atoms with Crippen molar-refractivity contribution in [2.75, 3.05) is 7.05 Å². The molecular formula is C9H9Cl2NO. The van der Waals surface area contributed by atoms with E-state index in [1.165, 1.54) is 6.20 Å². The lowest BCUT2D eigenvalue weighted by Gasteiger charge is -2.05. The van der Waals surface area contributed by atoms with Crippen LogP contribution in [0.1, 0.15) is 5.56 Å². The van der Waals surface area contributed by atoms with Gasteiger partial charge in [-0.25, -0.2) is 0 Å². The molecule has 0 aliphatic heterocycles. The van der Waals surface area contributed by atoms with E-state index in [0.717, 1.165) is 0 Å². The van der Waals surface area contributed by atoms with E-state index in [1.54, 1.807) is 25.2 Å². The van der Waals surface area contributed by atoms with Gasteiger partial charge in [0.05, 0.1) is 15.6 Å². The number of hydrogen-bond donors (Lipinski definition) is 2. The van der Waals surface area contributed by atoms with E-state index in [1.807, 2.05) is 0 Å². The number of rotatable bonds is 2. The standard InChI is InChI=1S/C9H9Cl2NO/c1-12-5-8(13)9-6(10)3-2-4-7(9)11/h2-5,12-13H,1H3/b8-5-. The molecule has 2 N–H and O–H groups in total. The van der Waals surface area contributed by atoms with E-state index in [0.29, 0.717) is 15.6 Å². The Morgan fingerprint density at radius 2 is 1.92 bits per heavy atom. The van der Waals surface area contributed by atoms with Crippen LogP contribution in [0.5, 0.6) is 0 Å². The van der Waals surface area contributed by atoms with Gasteiger partial charge in [0, 0.05) is 13.2 Å². The number of nitrogens with one attached hydrogen (secondary N) is 1. The Morgan fingerprint density at radius 3 is 2.38 bits per heavy atom. The second kappa shape index (κ2) is 4.40. The van der Waals surface area contributed by atoms with Crippen LogP contribution in [0.4, 0.5) is 0 Å². The number of aliphatic hydroxyl groups is 1. The zero-order valence-corrected chi connectivity index (χ0v) is 8.52. The maximum absolute atomic E-state index is 9.51. The van der Waals surface area contributed by atoms with Crippen LogP contribution in [0.2, 0.25) is 10.0 Å². The van der Waals surface area contributed by atoms with Gasteiger partial charge in [0.1, 0.15) is 5.76 Å². The van der Waals surface area contributed by atoms with Crippen LogP contribution in [0.15, 0.2) is 24.4 Å². The minimum absolute atomic E-state index is 0.0260. The fourth-order valence-electron chi connectivity index (χ4n) is 0.951. The Balaban J connectivity index is 3.20. The van der Waals surface area contributed by atoms with Gasteiger partial charge in [-0.05, 0) is 12.1 Å². The predicted molar refractivity (Wildman–Crippen MR) is 56.1 cm³/mol. The van der Waals surface area contributed by atoms with Crippen LogP contribution in [0.25, 0.3) is 5.76 Å². The first-order chi connectivity index (χ1) is 6.16. The first-order valence-corrected chi connectivity index (χ1v) is 4.43. The van der Waals surface area contributed by atoms with Crippen LogP contribution in [-0.2, 0) is 0 Å². The molecule has 1 rings (SSSR count). The molecule has 0 saturated heterocycles. The third-order valence-corrected chi connectivity index (χ3v) is 2.13. The smallest absolute Gasteiger partial charge is 0.141 e. The van der Waals surface area contributed by atoms with Gasteiger partial charge in [-0.1, -0.05) is 29.3 Å². The van der Waals surface area contributed by atoms with Gasteiger partial charge in [-0.2, -0.15) is 0 Å². The summed E-state index contributed by atoms with van der Waals surface area (Å²) in [5.74, 6) is 0.0260. The molecule has 0 spiro atoms. The Bertz CT molecular complexity index is 316. The molecule has 1 aromatic rings. The molecule has 0 aliphatic carbocycles. The van der Waals surface area contributed by atoms with Gasteiger partial charge < -0.3 is 10.4 Å². The summed E-state index contributed by atoms with van der Waals surface area (Å²) < 4.78 is 0. The van der Waals surface area contributed by atoms with Crippen molar-refractivity contribution < 1.29 is 5.11 Å². The molecule has 1 aromatic carbocycles. The summed E-state index contributed by atoms with van der Waals surface area (Å²) in [5, 5.41) is 13.1. The van der Waals surface area contributed by atoms with E-state index < -0.39 is 0 Å². The summed E-state index contributed by atoms with van der Waals surface area (Å²) in [7, 11) is 1.68. The lowest BCUT2D eigenvalue weighted by atomic mass is 10.2. The molecule has 0 unspecified atom stereocenters. The third kappa shape index (κ3) is 2.29. The molecular weight excluding hydrogens is 209 g/mol. The van der Waals surface area contributed by atoms with Crippen LogP contribution in [0.3, 0.4) is 0 Å². The monoisotopic (exact) mass is 217 g/mol. The molecule has 70 valence electrons. The predicted octanol–water partition coefficient (Wildman–Crippen LogP) is 3.07. The fraction of sp³-hybridized carbons (Fsp3) is 0.111. The van der Waals surface area contributed by atoms with Crippen molar-refractivity contribution in [2.24, 2.45) is 0 Å². The first kappa shape index (κ1) is 10.2. The van der Waals surface area contributed by atoms with Crippen molar-refractivity contribution in [3.05, 3.63) is 40.0 Å². The molecule has 0 atom stereocenters. The average Bonchev–Trinajstić information content (AvgIpc) is 2.04. The van der Waals surface area contributed by atoms with Gasteiger partial charge in [-0.3, -0.25) is 0 Å². The minimum Gasteiger partial charge on any atom is -0.506 e. The Morgan fingerprint density at radius 1 is 1.38 bits per heavy atom. The van der Waals surface area contributed by atoms with Crippen molar-refractivity contribution in [1.82, 2.24) is 5.32 Å². The molecule has 0 heterocycles. The third-order valence-electron chi connectivity index (χ3n) is 1.50. The van der Waals surface area contributed by atoms with Crippen LogP contribution in [0, 0.1) is 0 Å². The van der Waals surface area contributed by atoms with E-state index in [4.69, 9.17) is 23.2 Å². The van der Waals surface area contributed by atoms with Crippen molar-refractivity contribution in [1.29, 1.82) is 0 Å². The molecule has 0 saturated carbocycles.